The van der Waals surface area contributed by atoms with Crippen molar-refractivity contribution in [1.82, 2.24) is 5.43 Å². The Hall–Kier alpha value is -2.79. The van der Waals surface area contributed by atoms with Gasteiger partial charge in [0.05, 0.1) is 5.69 Å². The Balaban J connectivity index is 1.89. The molecular formula is C16H16N3O2. The standard InChI is InChI=1S/C16H16N3O2/c20-11-5-7-13-6-4-10-15(12-13)17-16(21)19-18-14-8-2-1-3-9-14/h1-10,12,18H,11H2,(H2,17,19,21). The minimum Gasteiger partial charge on any atom is -0.307 e. The number of para-hydroxylation sites is 1. The summed E-state index contributed by atoms with van der Waals surface area (Å²) < 4.78 is 0. The summed E-state index contributed by atoms with van der Waals surface area (Å²) >= 11 is 0. The lowest BCUT2D eigenvalue weighted by molar-refractivity contribution is 0.233. The lowest BCUT2D eigenvalue weighted by Crippen LogP contribution is -2.33. The Morgan fingerprint density at radius 1 is 1.00 bits per heavy atom. The predicted octanol–water partition coefficient (Wildman–Crippen LogP) is 3.28. The summed E-state index contributed by atoms with van der Waals surface area (Å²) in [6.45, 7) is -0.265. The molecule has 1 radical (unpaired) electrons. The van der Waals surface area contributed by atoms with Gasteiger partial charge >= 0.3 is 6.03 Å². The molecule has 0 atom stereocenters. The fourth-order valence-electron chi connectivity index (χ4n) is 1.72. The van der Waals surface area contributed by atoms with Crippen molar-refractivity contribution in [3.05, 3.63) is 66.2 Å². The van der Waals surface area contributed by atoms with E-state index in [1.165, 1.54) is 6.08 Å². The molecule has 0 aliphatic rings. The van der Waals surface area contributed by atoms with Crippen molar-refractivity contribution in [3.8, 4) is 0 Å². The average Bonchev–Trinajstić information content (AvgIpc) is 2.52. The first-order valence-corrected chi connectivity index (χ1v) is 6.51. The highest BCUT2D eigenvalue weighted by Gasteiger charge is 2.01. The molecule has 2 aromatic carbocycles. The molecule has 107 valence electrons. The fourth-order valence-corrected chi connectivity index (χ4v) is 1.72. The number of rotatable bonds is 5. The van der Waals surface area contributed by atoms with E-state index in [0.29, 0.717) is 5.69 Å². The number of hydrogen-bond acceptors (Lipinski definition) is 2. The van der Waals surface area contributed by atoms with Crippen LogP contribution in [0.3, 0.4) is 0 Å². The van der Waals surface area contributed by atoms with Crippen molar-refractivity contribution in [1.29, 1.82) is 0 Å². The van der Waals surface area contributed by atoms with Gasteiger partial charge in [-0.1, -0.05) is 42.5 Å². The van der Waals surface area contributed by atoms with E-state index in [2.05, 4.69) is 16.2 Å². The maximum atomic E-state index is 11.8. The quantitative estimate of drug-likeness (QED) is 0.736. The minimum absolute atomic E-state index is 0.265. The predicted molar refractivity (Wildman–Crippen MR) is 83.2 cm³/mol. The van der Waals surface area contributed by atoms with Crippen LogP contribution in [0.25, 0.3) is 6.08 Å². The van der Waals surface area contributed by atoms with E-state index in [1.807, 2.05) is 42.5 Å². The van der Waals surface area contributed by atoms with E-state index < -0.39 is 0 Å². The molecule has 0 spiro atoms. The lowest BCUT2D eigenvalue weighted by Gasteiger charge is -2.10. The summed E-state index contributed by atoms with van der Waals surface area (Å²) in [5.74, 6) is 0. The third-order valence-electron chi connectivity index (χ3n) is 2.65. The number of hydrogen-bond donors (Lipinski definition) is 3. The van der Waals surface area contributed by atoms with Crippen LogP contribution >= 0.6 is 0 Å². The number of nitrogens with one attached hydrogen (secondary N) is 3. The van der Waals surface area contributed by atoms with Gasteiger partial charge in [-0.2, -0.15) is 0 Å². The summed E-state index contributed by atoms with van der Waals surface area (Å²) in [7, 11) is 0. The zero-order chi connectivity index (χ0) is 14.9. The van der Waals surface area contributed by atoms with Crippen LogP contribution in [0.2, 0.25) is 0 Å². The summed E-state index contributed by atoms with van der Waals surface area (Å²) in [6, 6.07) is 16.2. The summed E-state index contributed by atoms with van der Waals surface area (Å²) in [4.78, 5) is 11.8. The van der Waals surface area contributed by atoms with Crippen molar-refractivity contribution in [2.75, 3.05) is 17.3 Å². The molecule has 2 rings (SSSR count). The molecule has 2 amide bonds. The van der Waals surface area contributed by atoms with Crippen LogP contribution in [0.4, 0.5) is 16.2 Å². The van der Waals surface area contributed by atoms with Crippen molar-refractivity contribution in [2.24, 2.45) is 0 Å². The van der Waals surface area contributed by atoms with Crippen LogP contribution in [0.5, 0.6) is 0 Å². The molecule has 0 aliphatic heterocycles. The first-order chi connectivity index (χ1) is 10.3. The Morgan fingerprint density at radius 3 is 2.52 bits per heavy atom. The van der Waals surface area contributed by atoms with E-state index in [0.717, 1.165) is 11.3 Å². The fraction of sp³-hybridized carbons (Fsp3) is 0.0625. The second kappa shape index (κ2) is 7.72. The molecule has 3 N–H and O–H groups in total. The van der Waals surface area contributed by atoms with Crippen LogP contribution in [0, 0.1) is 0 Å². The van der Waals surface area contributed by atoms with Gasteiger partial charge < -0.3 is 5.32 Å². The van der Waals surface area contributed by atoms with E-state index in [-0.39, 0.29) is 12.6 Å². The van der Waals surface area contributed by atoms with E-state index in [9.17, 15) is 9.90 Å². The number of amides is 2. The van der Waals surface area contributed by atoms with Gasteiger partial charge in [-0.25, -0.2) is 9.90 Å². The highest BCUT2D eigenvalue weighted by Crippen LogP contribution is 2.12. The number of benzene rings is 2. The molecular weight excluding hydrogens is 266 g/mol. The second-order valence-electron chi connectivity index (χ2n) is 4.26. The summed E-state index contributed by atoms with van der Waals surface area (Å²) in [5.41, 5.74) is 7.64. The maximum absolute atomic E-state index is 11.8. The van der Waals surface area contributed by atoms with Gasteiger partial charge in [0.25, 0.3) is 0 Å². The van der Waals surface area contributed by atoms with Crippen LogP contribution in [0.15, 0.2) is 60.7 Å². The Morgan fingerprint density at radius 2 is 1.76 bits per heavy atom. The highest BCUT2D eigenvalue weighted by molar-refractivity contribution is 5.90. The number of anilines is 2. The van der Waals surface area contributed by atoms with E-state index in [1.54, 1.807) is 18.2 Å². The number of hydrazine groups is 1. The Labute approximate surface area is 123 Å². The molecule has 0 saturated heterocycles. The molecule has 0 unspecified atom stereocenters. The first-order valence-electron chi connectivity index (χ1n) is 6.51. The van der Waals surface area contributed by atoms with Crippen LogP contribution in [-0.2, 0) is 5.11 Å². The van der Waals surface area contributed by atoms with Gasteiger partial charge in [0.2, 0.25) is 0 Å². The van der Waals surface area contributed by atoms with Gasteiger partial charge in [0, 0.05) is 5.69 Å². The summed E-state index contributed by atoms with van der Waals surface area (Å²) in [6.07, 6.45) is 3.24. The molecule has 0 bridgehead atoms. The van der Waals surface area contributed by atoms with Crippen molar-refractivity contribution >= 4 is 23.5 Å². The molecule has 5 heteroatoms. The SMILES string of the molecule is [O]CC=Cc1cccc(NC(=O)NNc2ccccc2)c1. The van der Waals surface area contributed by atoms with E-state index >= 15 is 0 Å². The number of carbonyl (C=O) groups is 1. The average molecular weight is 282 g/mol. The summed E-state index contributed by atoms with van der Waals surface area (Å²) in [5, 5.41) is 13.1. The topological polar surface area (TPSA) is 73.1 Å². The Kier molecular flexibility index (Phi) is 5.37. The van der Waals surface area contributed by atoms with Gasteiger partial charge in [-0.15, -0.1) is 0 Å². The monoisotopic (exact) mass is 282 g/mol. The molecule has 5 nitrogen and oxygen atoms in total. The molecule has 21 heavy (non-hydrogen) atoms. The zero-order valence-corrected chi connectivity index (χ0v) is 11.4. The molecule has 0 aromatic heterocycles. The molecule has 0 fully saturated rings. The Bertz CT molecular complexity index is 612. The van der Waals surface area contributed by atoms with Crippen molar-refractivity contribution in [3.63, 3.8) is 0 Å². The number of carbonyl (C=O) groups excluding carboxylic acids is 1. The third kappa shape index (κ3) is 5.00. The first kappa shape index (κ1) is 14.6. The van der Waals surface area contributed by atoms with Crippen LogP contribution in [-0.4, -0.2) is 12.6 Å². The van der Waals surface area contributed by atoms with Gasteiger partial charge in [0.1, 0.15) is 6.61 Å². The maximum Gasteiger partial charge on any atom is 0.337 e. The zero-order valence-electron chi connectivity index (χ0n) is 11.4. The number of urea groups is 1. The minimum atomic E-state index is -0.371. The molecule has 0 aliphatic carbocycles. The van der Waals surface area contributed by atoms with E-state index in [4.69, 9.17) is 0 Å². The highest BCUT2D eigenvalue weighted by atomic mass is 16.2. The van der Waals surface area contributed by atoms with Gasteiger partial charge in [-0.05, 0) is 29.8 Å². The largest absolute Gasteiger partial charge is 0.337 e. The van der Waals surface area contributed by atoms with Crippen molar-refractivity contribution in [2.45, 2.75) is 0 Å². The molecule has 0 heterocycles. The van der Waals surface area contributed by atoms with Gasteiger partial charge in [-0.3, -0.25) is 10.9 Å². The van der Waals surface area contributed by atoms with Crippen molar-refractivity contribution < 1.29 is 9.90 Å². The smallest absolute Gasteiger partial charge is 0.307 e. The second-order valence-corrected chi connectivity index (χ2v) is 4.26. The van der Waals surface area contributed by atoms with Crippen LogP contribution in [0.1, 0.15) is 5.56 Å². The lowest BCUT2D eigenvalue weighted by atomic mass is 10.2. The normalized spacial score (nSPS) is 10.3. The third-order valence-corrected chi connectivity index (χ3v) is 2.65. The molecule has 0 saturated carbocycles. The van der Waals surface area contributed by atoms with Gasteiger partial charge in [0.15, 0.2) is 0 Å². The molecule has 2 aromatic rings. The van der Waals surface area contributed by atoms with Crippen LogP contribution < -0.4 is 16.2 Å².